The Morgan fingerprint density at radius 1 is 0.886 bits per heavy atom. The van der Waals surface area contributed by atoms with Crippen LogP contribution in [0.5, 0.6) is 0 Å². The van der Waals surface area contributed by atoms with Crippen molar-refractivity contribution in [2.45, 2.75) is 37.8 Å². The van der Waals surface area contributed by atoms with Gasteiger partial charge in [0.25, 0.3) is 5.91 Å². The normalized spacial score (nSPS) is 17.1. The Labute approximate surface area is 202 Å². The summed E-state index contributed by atoms with van der Waals surface area (Å²) in [6.07, 6.45) is 0.149. The van der Waals surface area contributed by atoms with Gasteiger partial charge in [0.1, 0.15) is 0 Å². The van der Waals surface area contributed by atoms with Crippen LogP contribution in [0.15, 0.2) is 60.8 Å². The number of aromatic nitrogens is 2. The van der Waals surface area contributed by atoms with Gasteiger partial charge >= 0.3 is 6.18 Å². The lowest BCUT2D eigenvalue weighted by Crippen LogP contribution is -2.38. The molecule has 5 rings (SSSR count). The number of carbonyl (C=O) groups is 1. The van der Waals surface area contributed by atoms with E-state index in [1.807, 2.05) is 54.6 Å². The minimum absolute atomic E-state index is 0.0432. The number of carbonyl (C=O) groups excluding carboxylic acids is 1. The third-order valence-electron chi connectivity index (χ3n) is 6.91. The van der Waals surface area contributed by atoms with E-state index in [0.717, 1.165) is 24.3 Å². The second-order valence-corrected chi connectivity index (χ2v) is 9.16. The van der Waals surface area contributed by atoms with Crippen molar-refractivity contribution in [2.24, 2.45) is 0 Å². The minimum atomic E-state index is -4.61. The average Bonchev–Trinajstić information content (AvgIpc) is 3.43. The highest BCUT2D eigenvalue weighted by atomic mass is 19.4. The van der Waals surface area contributed by atoms with Crippen LogP contribution in [0.1, 0.15) is 53.5 Å². The third-order valence-corrected chi connectivity index (χ3v) is 6.91. The number of halogens is 3. The van der Waals surface area contributed by atoms with Gasteiger partial charge in [0.2, 0.25) is 5.82 Å². The molecule has 0 saturated carbocycles. The minimum Gasteiger partial charge on any atom is -0.372 e. The summed E-state index contributed by atoms with van der Waals surface area (Å²) in [5, 5.41) is 0. The highest BCUT2D eigenvalue weighted by molar-refractivity contribution is 5.94. The van der Waals surface area contributed by atoms with Crippen LogP contribution in [0.3, 0.4) is 0 Å². The molecule has 2 aromatic carbocycles. The number of likely N-dealkylation sites (tertiary alicyclic amines) is 1. The van der Waals surface area contributed by atoms with Crippen molar-refractivity contribution >= 4 is 11.6 Å². The van der Waals surface area contributed by atoms with E-state index < -0.39 is 12.0 Å². The first-order valence-corrected chi connectivity index (χ1v) is 12.0. The molecule has 2 aliphatic rings. The first-order chi connectivity index (χ1) is 16.9. The van der Waals surface area contributed by atoms with E-state index in [9.17, 15) is 18.0 Å². The summed E-state index contributed by atoms with van der Waals surface area (Å²) >= 11 is 0. The molecular formula is C27H27F3N4O. The highest BCUT2D eigenvalue weighted by Gasteiger charge is 2.36. The summed E-state index contributed by atoms with van der Waals surface area (Å²) in [6, 6.07) is 17.0. The molecule has 0 N–H and O–H groups in total. The smallest absolute Gasteiger partial charge is 0.372 e. The molecule has 0 radical (unpaired) electrons. The molecule has 3 aromatic rings. The molecule has 1 aromatic heterocycles. The van der Waals surface area contributed by atoms with Gasteiger partial charge in [0.05, 0.1) is 5.69 Å². The van der Waals surface area contributed by atoms with Gasteiger partial charge < -0.3 is 9.80 Å². The Bertz CT molecular complexity index is 1170. The van der Waals surface area contributed by atoms with Crippen LogP contribution in [-0.4, -0.2) is 47.0 Å². The molecule has 8 heteroatoms. The predicted octanol–water partition coefficient (Wildman–Crippen LogP) is 5.78. The summed E-state index contributed by atoms with van der Waals surface area (Å²) in [4.78, 5) is 24.8. The van der Waals surface area contributed by atoms with E-state index in [0.29, 0.717) is 42.8 Å². The van der Waals surface area contributed by atoms with Crippen LogP contribution >= 0.6 is 0 Å². The maximum atomic E-state index is 13.4. The molecule has 35 heavy (non-hydrogen) atoms. The van der Waals surface area contributed by atoms with Gasteiger partial charge in [-0.3, -0.25) is 4.79 Å². The number of hydrogen-bond acceptors (Lipinski definition) is 4. The molecule has 5 nitrogen and oxygen atoms in total. The quantitative estimate of drug-likeness (QED) is 0.475. The lowest BCUT2D eigenvalue weighted by atomic mass is 9.88. The van der Waals surface area contributed by atoms with E-state index in [4.69, 9.17) is 0 Å². The number of anilines is 1. The lowest BCUT2D eigenvalue weighted by molar-refractivity contribution is -0.145. The third kappa shape index (κ3) is 5.01. The number of benzene rings is 2. The van der Waals surface area contributed by atoms with E-state index in [2.05, 4.69) is 14.9 Å². The Morgan fingerprint density at radius 2 is 1.54 bits per heavy atom. The van der Waals surface area contributed by atoms with Gasteiger partial charge in [-0.1, -0.05) is 30.3 Å². The maximum Gasteiger partial charge on any atom is 0.451 e. The number of piperidine rings is 1. The van der Waals surface area contributed by atoms with Crippen LogP contribution in [0.25, 0.3) is 11.1 Å². The molecule has 3 heterocycles. The number of hydrogen-bond donors (Lipinski definition) is 0. The molecule has 2 saturated heterocycles. The Kier molecular flexibility index (Phi) is 6.45. The van der Waals surface area contributed by atoms with Crippen molar-refractivity contribution in [3.8, 4) is 11.1 Å². The number of alkyl halides is 3. The van der Waals surface area contributed by atoms with Gasteiger partial charge in [-0.15, -0.1) is 0 Å². The standard InChI is InChI=1S/C27H27F3N4O/c28-27(29,30)26-31-18-23(19-6-2-1-3-7-19)24(32-26)20-12-16-34(17-13-20)25(35)21-8-10-22(11-9-21)33-14-4-5-15-33/h1-3,6-11,18,20H,4-5,12-17H2. The second kappa shape index (κ2) is 9.68. The van der Waals surface area contributed by atoms with E-state index >= 15 is 0 Å². The molecule has 0 bridgehead atoms. The topological polar surface area (TPSA) is 49.3 Å². The monoisotopic (exact) mass is 480 g/mol. The molecule has 2 fully saturated rings. The first-order valence-electron chi connectivity index (χ1n) is 12.0. The summed E-state index contributed by atoms with van der Waals surface area (Å²) in [6.45, 7) is 3.03. The van der Waals surface area contributed by atoms with Crippen molar-refractivity contribution in [3.05, 3.63) is 77.9 Å². The van der Waals surface area contributed by atoms with E-state index in [1.54, 1.807) is 4.90 Å². The summed E-state index contributed by atoms with van der Waals surface area (Å²) < 4.78 is 40.1. The van der Waals surface area contributed by atoms with Crippen molar-refractivity contribution in [2.75, 3.05) is 31.1 Å². The van der Waals surface area contributed by atoms with E-state index in [1.165, 1.54) is 19.0 Å². The van der Waals surface area contributed by atoms with Crippen molar-refractivity contribution in [1.29, 1.82) is 0 Å². The Hall–Kier alpha value is -3.42. The van der Waals surface area contributed by atoms with Gasteiger partial charge in [-0.25, -0.2) is 9.97 Å². The zero-order valence-corrected chi connectivity index (χ0v) is 19.3. The largest absolute Gasteiger partial charge is 0.451 e. The molecule has 182 valence electrons. The highest BCUT2D eigenvalue weighted by Crippen LogP contribution is 2.36. The van der Waals surface area contributed by atoms with Crippen molar-refractivity contribution in [1.82, 2.24) is 14.9 Å². The van der Waals surface area contributed by atoms with E-state index in [-0.39, 0.29) is 11.8 Å². The SMILES string of the molecule is O=C(c1ccc(N2CCCC2)cc1)N1CCC(c2nc(C(F)(F)F)ncc2-c2ccccc2)CC1. The maximum absolute atomic E-state index is 13.4. The summed E-state index contributed by atoms with van der Waals surface area (Å²) in [5.74, 6) is -1.35. The number of amides is 1. The predicted molar refractivity (Wildman–Crippen MR) is 128 cm³/mol. The molecule has 0 aliphatic carbocycles. The van der Waals surface area contributed by atoms with Gasteiger partial charge in [-0.2, -0.15) is 13.2 Å². The van der Waals surface area contributed by atoms with Crippen molar-refractivity contribution < 1.29 is 18.0 Å². The second-order valence-electron chi connectivity index (χ2n) is 9.16. The zero-order valence-electron chi connectivity index (χ0n) is 19.3. The van der Waals surface area contributed by atoms with Gasteiger partial charge in [0.15, 0.2) is 0 Å². The van der Waals surface area contributed by atoms with Crippen LogP contribution in [0.4, 0.5) is 18.9 Å². The summed E-state index contributed by atoms with van der Waals surface area (Å²) in [7, 11) is 0. The first kappa shape index (κ1) is 23.3. The molecule has 1 amide bonds. The molecule has 0 spiro atoms. The molecule has 0 atom stereocenters. The molecule has 0 unspecified atom stereocenters. The molecule has 2 aliphatic heterocycles. The Morgan fingerprint density at radius 3 is 2.17 bits per heavy atom. The fourth-order valence-electron chi connectivity index (χ4n) is 5.01. The average molecular weight is 481 g/mol. The fourth-order valence-corrected chi connectivity index (χ4v) is 5.01. The molecular weight excluding hydrogens is 453 g/mol. The van der Waals surface area contributed by atoms with Crippen LogP contribution in [-0.2, 0) is 6.18 Å². The lowest BCUT2D eigenvalue weighted by Gasteiger charge is -2.32. The van der Waals surface area contributed by atoms with Gasteiger partial charge in [-0.05, 0) is 55.5 Å². The zero-order chi connectivity index (χ0) is 24.4. The Balaban J connectivity index is 1.32. The summed E-state index contributed by atoms with van der Waals surface area (Å²) in [5.41, 5.74) is 3.57. The van der Waals surface area contributed by atoms with Crippen LogP contribution < -0.4 is 4.90 Å². The number of nitrogens with zero attached hydrogens (tertiary/aromatic N) is 4. The van der Waals surface area contributed by atoms with Crippen LogP contribution in [0.2, 0.25) is 0 Å². The van der Waals surface area contributed by atoms with Crippen LogP contribution in [0, 0.1) is 0 Å². The van der Waals surface area contributed by atoms with Gasteiger partial charge in [0, 0.05) is 55.1 Å². The fraction of sp³-hybridized carbons (Fsp3) is 0.370. The number of rotatable bonds is 4. The van der Waals surface area contributed by atoms with Crippen molar-refractivity contribution in [3.63, 3.8) is 0 Å².